The summed E-state index contributed by atoms with van der Waals surface area (Å²) < 4.78 is 18.5. The highest BCUT2D eigenvalue weighted by molar-refractivity contribution is 9.10. The summed E-state index contributed by atoms with van der Waals surface area (Å²) in [6.45, 7) is 0.745. The third-order valence-electron chi connectivity index (χ3n) is 2.88. The summed E-state index contributed by atoms with van der Waals surface area (Å²) in [5, 5.41) is 4.19. The first-order valence-electron chi connectivity index (χ1n) is 5.62. The van der Waals surface area contributed by atoms with Crippen LogP contribution in [-0.4, -0.2) is 23.7 Å². The maximum atomic E-state index is 5.90. The minimum atomic E-state index is 0.213. The molecule has 0 spiro atoms. The fourth-order valence-electron chi connectivity index (χ4n) is 1.95. The summed E-state index contributed by atoms with van der Waals surface area (Å²) in [5.74, 6) is 2.55. The lowest BCUT2D eigenvalue weighted by Crippen LogP contribution is -2.06. The zero-order valence-electron chi connectivity index (χ0n) is 10.2. The maximum absolute atomic E-state index is 5.90. The van der Waals surface area contributed by atoms with Gasteiger partial charge in [-0.15, -0.1) is 0 Å². The van der Waals surface area contributed by atoms with E-state index in [1.807, 2.05) is 12.1 Å². The number of fused-ring (bicyclic) bond motifs is 1. The molecule has 0 bridgehead atoms. The maximum Gasteiger partial charge on any atom is 0.231 e. The number of hydrogen-bond donors (Lipinski definition) is 1. The average molecular weight is 326 g/mol. The molecule has 100 valence electrons. The first kappa shape index (κ1) is 12.2. The second kappa shape index (κ2) is 4.65. The highest BCUT2D eigenvalue weighted by Gasteiger charge is 2.20. The van der Waals surface area contributed by atoms with Gasteiger partial charge in [-0.05, 0) is 33.6 Å². The molecular formula is C12H12BrN3O3. The van der Waals surface area contributed by atoms with Crippen LogP contribution < -0.4 is 19.9 Å². The Kier molecular flexibility index (Phi) is 2.98. The van der Waals surface area contributed by atoms with E-state index in [1.165, 1.54) is 0 Å². The zero-order chi connectivity index (χ0) is 13.4. The van der Waals surface area contributed by atoms with Crippen LogP contribution in [0, 0.1) is 0 Å². The molecule has 0 saturated heterocycles. The third-order valence-corrected chi connectivity index (χ3v) is 3.49. The van der Waals surface area contributed by atoms with E-state index in [-0.39, 0.29) is 6.79 Å². The smallest absolute Gasteiger partial charge is 0.231 e. The molecule has 0 amide bonds. The van der Waals surface area contributed by atoms with Crippen molar-refractivity contribution in [2.75, 3.05) is 19.6 Å². The Labute approximate surface area is 118 Å². The molecule has 0 saturated carbocycles. The van der Waals surface area contributed by atoms with Gasteiger partial charge < -0.3 is 19.9 Å². The van der Waals surface area contributed by atoms with Crippen LogP contribution in [0.4, 0.5) is 5.82 Å². The van der Waals surface area contributed by atoms with Crippen LogP contribution in [0.25, 0.3) is 0 Å². The lowest BCUT2D eigenvalue weighted by molar-refractivity contribution is 0.171. The SMILES string of the molecule is COc1cc(Cn2ncc(Br)c2N)cc2c1OCO2. The number of hydrogen-bond acceptors (Lipinski definition) is 5. The van der Waals surface area contributed by atoms with E-state index >= 15 is 0 Å². The van der Waals surface area contributed by atoms with Gasteiger partial charge in [-0.1, -0.05) is 0 Å². The third kappa shape index (κ3) is 2.10. The molecule has 3 rings (SSSR count). The Balaban J connectivity index is 1.95. The van der Waals surface area contributed by atoms with Crippen molar-refractivity contribution in [2.45, 2.75) is 6.54 Å². The van der Waals surface area contributed by atoms with Gasteiger partial charge >= 0.3 is 0 Å². The van der Waals surface area contributed by atoms with Gasteiger partial charge in [-0.3, -0.25) is 0 Å². The number of nitrogens with two attached hydrogens (primary N) is 1. The van der Waals surface area contributed by atoms with E-state index in [0.29, 0.717) is 29.6 Å². The molecule has 0 unspecified atom stereocenters. The second-order valence-electron chi connectivity index (χ2n) is 4.07. The van der Waals surface area contributed by atoms with Gasteiger partial charge in [-0.25, -0.2) is 4.68 Å². The Morgan fingerprint density at radius 1 is 1.47 bits per heavy atom. The molecule has 6 nitrogen and oxygen atoms in total. The fraction of sp³-hybridized carbons (Fsp3) is 0.250. The van der Waals surface area contributed by atoms with Crippen LogP contribution in [0.1, 0.15) is 5.56 Å². The zero-order valence-corrected chi connectivity index (χ0v) is 11.8. The van der Waals surface area contributed by atoms with E-state index in [2.05, 4.69) is 21.0 Å². The van der Waals surface area contributed by atoms with E-state index in [1.54, 1.807) is 18.0 Å². The van der Waals surface area contributed by atoms with Gasteiger partial charge in [0.05, 0.1) is 24.3 Å². The number of nitrogen functional groups attached to an aromatic ring is 1. The molecule has 0 fully saturated rings. The van der Waals surface area contributed by atoms with Gasteiger partial charge in [0.25, 0.3) is 0 Å². The molecule has 7 heteroatoms. The largest absolute Gasteiger partial charge is 0.493 e. The predicted molar refractivity (Wildman–Crippen MR) is 72.6 cm³/mol. The van der Waals surface area contributed by atoms with E-state index < -0.39 is 0 Å². The molecular weight excluding hydrogens is 314 g/mol. The summed E-state index contributed by atoms with van der Waals surface area (Å²) in [6.07, 6.45) is 1.67. The Bertz CT molecular complexity index is 627. The fourth-order valence-corrected chi connectivity index (χ4v) is 2.24. The van der Waals surface area contributed by atoms with Crippen molar-refractivity contribution in [3.63, 3.8) is 0 Å². The summed E-state index contributed by atoms with van der Waals surface area (Å²) in [6, 6.07) is 3.79. The summed E-state index contributed by atoms with van der Waals surface area (Å²) in [4.78, 5) is 0. The molecule has 1 aliphatic rings. The van der Waals surface area contributed by atoms with Crippen molar-refractivity contribution in [1.82, 2.24) is 9.78 Å². The number of halogens is 1. The number of aromatic nitrogens is 2. The standard InChI is InChI=1S/C12H12BrN3O3/c1-17-9-2-7(3-10-11(9)19-6-18-10)5-16-12(14)8(13)4-15-16/h2-4H,5-6,14H2,1H3. The van der Waals surface area contributed by atoms with Crippen LogP contribution in [0.3, 0.4) is 0 Å². The Morgan fingerprint density at radius 3 is 3.00 bits per heavy atom. The molecule has 19 heavy (non-hydrogen) atoms. The van der Waals surface area contributed by atoms with Gasteiger partial charge in [0.15, 0.2) is 11.5 Å². The molecule has 0 atom stereocenters. The quantitative estimate of drug-likeness (QED) is 0.934. The van der Waals surface area contributed by atoms with Crippen LogP contribution in [0.5, 0.6) is 17.2 Å². The van der Waals surface area contributed by atoms with E-state index in [4.69, 9.17) is 19.9 Å². The van der Waals surface area contributed by atoms with E-state index in [0.717, 1.165) is 10.0 Å². The minimum absolute atomic E-state index is 0.213. The van der Waals surface area contributed by atoms with Gasteiger partial charge in [0.2, 0.25) is 12.5 Å². The number of benzene rings is 1. The topological polar surface area (TPSA) is 71.5 Å². The monoisotopic (exact) mass is 325 g/mol. The van der Waals surface area contributed by atoms with Crippen LogP contribution >= 0.6 is 15.9 Å². The molecule has 2 N–H and O–H groups in total. The van der Waals surface area contributed by atoms with Crippen molar-refractivity contribution < 1.29 is 14.2 Å². The number of ether oxygens (including phenoxy) is 3. The predicted octanol–water partition coefficient (Wildman–Crippen LogP) is 2.01. The van der Waals surface area contributed by atoms with Crippen molar-refractivity contribution >= 4 is 21.7 Å². The van der Waals surface area contributed by atoms with Crippen LogP contribution in [0.15, 0.2) is 22.8 Å². The molecule has 2 heterocycles. The highest BCUT2D eigenvalue weighted by atomic mass is 79.9. The molecule has 0 aliphatic carbocycles. The molecule has 1 aromatic carbocycles. The summed E-state index contributed by atoms with van der Waals surface area (Å²) >= 11 is 3.33. The Hall–Kier alpha value is -1.89. The first-order valence-corrected chi connectivity index (χ1v) is 6.41. The average Bonchev–Trinajstić information content (AvgIpc) is 2.99. The van der Waals surface area contributed by atoms with Gasteiger partial charge in [0, 0.05) is 0 Å². The summed E-state index contributed by atoms with van der Waals surface area (Å²) in [5.41, 5.74) is 6.88. The van der Waals surface area contributed by atoms with Crippen molar-refractivity contribution in [3.05, 3.63) is 28.4 Å². The number of anilines is 1. The molecule has 0 radical (unpaired) electrons. The molecule has 1 aromatic heterocycles. The minimum Gasteiger partial charge on any atom is -0.493 e. The van der Waals surface area contributed by atoms with Crippen LogP contribution in [0.2, 0.25) is 0 Å². The van der Waals surface area contributed by atoms with Crippen molar-refractivity contribution in [1.29, 1.82) is 0 Å². The normalized spacial score (nSPS) is 12.7. The molecule has 1 aliphatic heterocycles. The van der Waals surface area contributed by atoms with Gasteiger partial charge in [-0.2, -0.15) is 5.10 Å². The van der Waals surface area contributed by atoms with Crippen LogP contribution in [-0.2, 0) is 6.54 Å². The lowest BCUT2D eigenvalue weighted by Gasteiger charge is -2.09. The van der Waals surface area contributed by atoms with Crippen molar-refractivity contribution in [2.24, 2.45) is 0 Å². The highest BCUT2D eigenvalue weighted by Crippen LogP contribution is 2.42. The molecule has 2 aromatic rings. The summed E-state index contributed by atoms with van der Waals surface area (Å²) in [7, 11) is 1.60. The number of rotatable bonds is 3. The first-order chi connectivity index (χ1) is 9.19. The number of nitrogens with zero attached hydrogens (tertiary/aromatic N) is 2. The van der Waals surface area contributed by atoms with Gasteiger partial charge in [0.1, 0.15) is 5.82 Å². The lowest BCUT2D eigenvalue weighted by atomic mass is 10.2. The van der Waals surface area contributed by atoms with Crippen molar-refractivity contribution in [3.8, 4) is 17.2 Å². The Morgan fingerprint density at radius 2 is 2.32 bits per heavy atom. The number of methoxy groups -OCH3 is 1. The van der Waals surface area contributed by atoms with E-state index in [9.17, 15) is 0 Å². The second-order valence-corrected chi connectivity index (χ2v) is 4.92.